The molecule has 1 unspecified atom stereocenters. The summed E-state index contributed by atoms with van der Waals surface area (Å²) in [6.07, 6.45) is 3.51. The van der Waals surface area contributed by atoms with E-state index in [1.165, 1.54) is 6.42 Å². The number of H-pyrrole nitrogens is 1. The van der Waals surface area contributed by atoms with Crippen molar-refractivity contribution in [3.8, 4) is 6.07 Å². The number of piperidine rings is 1. The van der Waals surface area contributed by atoms with E-state index in [2.05, 4.69) is 26.3 Å². The molecule has 0 aliphatic carbocycles. The van der Waals surface area contributed by atoms with Crippen LogP contribution in [0.3, 0.4) is 0 Å². The van der Waals surface area contributed by atoms with Gasteiger partial charge >= 0.3 is 0 Å². The van der Waals surface area contributed by atoms with Gasteiger partial charge in [-0.25, -0.2) is 0 Å². The number of aromatic nitrogens is 2. The van der Waals surface area contributed by atoms with Crippen LogP contribution in [0.4, 0.5) is 11.8 Å². The summed E-state index contributed by atoms with van der Waals surface area (Å²) in [4.78, 5) is 34.5. The third-order valence-corrected chi connectivity index (χ3v) is 5.04. The molecule has 1 amide bonds. The summed E-state index contributed by atoms with van der Waals surface area (Å²) in [5.41, 5.74) is 1.64. The number of carbonyl (C=O) groups is 1. The summed E-state index contributed by atoms with van der Waals surface area (Å²) in [6, 6.07) is 9.06. The molecule has 1 fully saturated rings. The van der Waals surface area contributed by atoms with Gasteiger partial charge in [-0.2, -0.15) is 10.2 Å². The molecule has 0 radical (unpaired) electrons. The predicted molar refractivity (Wildman–Crippen MR) is 97.2 cm³/mol. The molecule has 3 heterocycles. The second-order valence-corrected chi connectivity index (χ2v) is 6.74. The molecule has 0 spiro atoms. The molecule has 0 saturated carbocycles. The average molecular weight is 349 g/mol. The minimum Gasteiger partial charge on any atom is -0.342 e. The van der Waals surface area contributed by atoms with E-state index in [0.29, 0.717) is 22.9 Å². The SMILES string of the molecule is N#Cc1ccc(C2CC(=O)Nc3nc(N4CCCCC4)[nH]c(=O)c32)cc1. The lowest BCUT2D eigenvalue weighted by molar-refractivity contribution is -0.116. The van der Waals surface area contributed by atoms with Crippen LogP contribution in [0, 0.1) is 11.3 Å². The zero-order valence-corrected chi connectivity index (χ0v) is 14.3. The Kier molecular flexibility index (Phi) is 4.17. The van der Waals surface area contributed by atoms with Crippen molar-refractivity contribution in [3.05, 3.63) is 51.3 Å². The zero-order chi connectivity index (χ0) is 18.1. The smallest absolute Gasteiger partial charge is 0.258 e. The maximum absolute atomic E-state index is 12.8. The fourth-order valence-electron chi connectivity index (χ4n) is 3.69. The standard InChI is InChI=1S/C19H19N5O2/c20-11-12-4-6-13(7-5-12)14-10-15(25)21-17-16(14)18(26)23-19(22-17)24-8-2-1-3-9-24/h4-7,14H,1-3,8-10H2,(H2,21,22,23,25,26). The number of aromatic amines is 1. The Bertz CT molecular complexity index is 936. The molecular weight excluding hydrogens is 330 g/mol. The van der Waals surface area contributed by atoms with Gasteiger partial charge in [-0.05, 0) is 37.0 Å². The number of hydrogen-bond acceptors (Lipinski definition) is 5. The number of rotatable bonds is 2. The number of nitrogens with zero attached hydrogens (tertiary/aromatic N) is 3. The van der Waals surface area contributed by atoms with Gasteiger partial charge in [0.1, 0.15) is 5.82 Å². The maximum atomic E-state index is 12.8. The van der Waals surface area contributed by atoms with Crippen molar-refractivity contribution in [1.29, 1.82) is 5.26 Å². The van der Waals surface area contributed by atoms with Gasteiger partial charge in [-0.3, -0.25) is 14.6 Å². The summed E-state index contributed by atoms with van der Waals surface area (Å²) in [6.45, 7) is 1.71. The van der Waals surface area contributed by atoms with Crippen molar-refractivity contribution in [2.24, 2.45) is 0 Å². The topological polar surface area (TPSA) is 102 Å². The lowest BCUT2D eigenvalue weighted by Gasteiger charge is -2.29. The Hall–Kier alpha value is -3.14. The van der Waals surface area contributed by atoms with E-state index in [0.717, 1.165) is 31.5 Å². The van der Waals surface area contributed by atoms with E-state index in [1.54, 1.807) is 24.3 Å². The summed E-state index contributed by atoms with van der Waals surface area (Å²) < 4.78 is 0. The lowest BCUT2D eigenvalue weighted by Crippen LogP contribution is -2.36. The first-order valence-corrected chi connectivity index (χ1v) is 8.85. The highest BCUT2D eigenvalue weighted by atomic mass is 16.2. The molecule has 2 aliphatic heterocycles. The molecule has 132 valence electrons. The zero-order valence-electron chi connectivity index (χ0n) is 14.3. The van der Waals surface area contributed by atoms with Crippen LogP contribution in [0.1, 0.15) is 48.3 Å². The van der Waals surface area contributed by atoms with E-state index in [1.807, 2.05) is 0 Å². The molecule has 1 aromatic carbocycles. The highest BCUT2D eigenvalue weighted by Crippen LogP contribution is 2.34. The molecule has 2 aliphatic rings. The third-order valence-electron chi connectivity index (χ3n) is 5.04. The first kappa shape index (κ1) is 16.3. The number of fused-ring (bicyclic) bond motifs is 1. The van der Waals surface area contributed by atoms with E-state index in [-0.39, 0.29) is 23.8 Å². The largest absolute Gasteiger partial charge is 0.342 e. The van der Waals surface area contributed by atoms with Crippen molar-refractivity contribution in [3.63, 3.8) is 0 Å². The van der Waals surface area contributed by atoms with Crippen LogP contribution in [0.25, 0.3) is 0 Å². The molecule has 2 N–H and O–H groups in total. The Balaban J connectivity index is 1.75. The van der Waals surface area contributed by atoms with Gasteiger partial charge in [-0.1, -0.05) is 12.1 Å². The molecule has 7 heteroatoms. The molecule has 7 nitrogen and oxygen atoms in total. The van der Waals surface area contributed by atoms with Gasteiger partial charge in [0, 0.05) is 25.4 Å². The van der Waals surface area contributed by atoms with Gasteiger partial charge in [0.2, 0.25) is 11.9 Å². The molecule has 4 rings (SSSR count). The van der Waals surface area contributed by atoms with Crippen molar-refractivity contribution in [2.75, 3.05) is 23.3 Å². The first-order valence-electron chi connectivity index (χ1n) is 8.85. The minimum absolute atomic E-state index is 0.158. The van der Waals surface area contributed by atoms with Gasteiger partial charge in [0.15, 0.2) is 0 Å². The lowest BCUT2D eigenvalue weighted by atomic mass is 9.86. The maximum Gasteiger partial charge on any atom is 0.258 e. The van der Waals surface area contributed by atoms with Crippen molar-refractivity contribution in [2.45, 2.75) is 31.6 Å². The van der Waals surface area contributed by atoms with Crippen LogP contribution in [-0.2, 0) is 4.79 Å². The third kappa shape index (κ3) is 2.94. The van der Waals surface area contributed by atoms with E-state index in [4.69, 9.17) is 5.26 Å². The van der Waals surface area contributed by atoms with E-state index >= 15 is 0 Å². The molecule has 2 aromatic rings. The Labute approximate surface area is 150 Å². The van der Waals surface area contributed by atoms with Crippen LogP contribution in [0.15, 0.2) is 29.1 Å². The predicted octanol–water partition coefficient (Wildman–Crippen LogP) is 2.11. The fourth-order valence-corrected chi connectivity index (χ4v) is 3.69. The molecule has 1 saturated heterocycles. The van der Waals surface area contributed by atoms with Crippen LogP contribution in [0.5, 0.6) is 0 Å². The van der Waals surface area contributed by atoms with Gasteiger partial charge in [-0.15, -0.1) is 0 Å². The van der Waals surface area contributed by atoms with E-state index in [9.17, 15) is 9.59 Å². The fraction of sp³-hybridized carbons (Fsp3) is 0.368. The highest BCUT2D eigenvalue weighted by molar-refractivity contribution is 5.94. The highest BCUT2D eigenvalue weighted by Gasteiger charge is 2.31. The number of hydrogen-bond donors (Lipinski definition) is 2. The number of nitriles is 1. The summed E-state index contributed by atoms with van der Waals surface area (Å²) in [5.74, 6) is 0.349. The molecular formula is C19H19N5O2. The first-order chi connectivity index (χ1) is 12.7. The van der Waals surface area contributed by atoms with Gasteiger partial charge in [0.25, 0.3) is 5.56 Å². The van der Waals surface area contributed by atoms with Crippen LogP contribution >= 0.6 is 0 Å². The molecule has 26 heavy (non-hydrogen) atoms. The van der Waals surface area contributed by atoms with Crippen molar-refractivity contribution in [1.82, 2.24) is 9.97 Å². The van der Waals surface area contributed by atoms with Crippen LogP contribution < -0.4 is 15.8 Å². The second kappa shape index (κ2) is 6.64. The summed E-state index contributed by atoms with van der Waals surface area (Å²) in [5, 5.41) is 11.7. The van der Waals surface area contributed by atoms with Crippen molar-refractivity contribution >= 4 is 17.7 Å². The number of nitrogens with one attached hydrogen (secondary N) is 2. The average Bonchev–Trinajstić information content (AvgIpc) is 2.67. The Morgan fingerprint density at radius 1 is 1.12 bits per heavy atom. The Morgan fingerprint density at radius 2 is 1.85 bits per heavy atom. The number of carbonyl (C=O) groups excluding carboxylic acids is 1. The Morgan fingerprint density at radius 3 is 2.54 bits per heavy atom. The van der Waals surface area contributed by atoms with Gasteiger partial charge < -0.3 is 10.2 Å². The van der Waals surface area contributed by atoms with Crippen molar-refractivity contribution < 1.29 is 4.79 Å². The summed E-state index contributed by atoms with van der Waals surface area (Å²) in [7, 11) is 0. The monoisotopic (exact) mass is 349 g/mol. The van der Waals surface area contributed by atoms with Gasteiger partial charge in [0.05, 0.1) is 17.2 Å². The van der Waals surface area contributed by atoms with Crippen LogP contribution in [-0.4, -0.2) is 29.0 Å². The number of benzene rings is 1. The van der Waals surface area contributed by atoms with Crippen LogP contribution in [0.2, 0.25) is 0 Å². The quantitative estimate of drug-likeness (QED) is 0.864. The molecule has 0 bridgehead atoms. The normalized spacial score (nSPS) is 19.4. The molecule has 1 aromatic heterocycles. The number of anilines is 2. The molecule has 1 atom stereocenters. The summed E-state index contributed by atoms with van der Waals surface area (Å²) >= 11 is 0. The van der Waals surface area contributed by atoms with E-state index < -0.39 is 0 Å². The second-order valence-electron chi connectivity index (χ2n) is 6.74. The minimum atomic E-state index is -0.363. The number of amides is 1.